The van der Waals surface area contributed by atoms with E-state index < -0.39 is 5.97 Å². The van der Waals surface area contributed by atoms with Gasteiger partial charge in [0.1, 0.15) is 5.01 Å². The average molecular weight is 434 g/mol. The summed E-state index contributed by atoms with van der Waals surface area (Å²) in [6, 6.07) is 11.0. The van der Waals surface area contributed by atoms with E-state index in [0.717, 1.165) is 30.8 Å². The van der Waals surface area contributed by atoms with Crippen LogP contribution >= 0.6 is 27.3 Å². The Balaban J connectivity index is 2.07. The highest BCUT2D eigenvalue weighted by Gasteiger charge is 2.13. The minimum absolute atomic E-state index is 0.00150. The summed E-state index contributed by atoms with van der Waals surface area (Å²) < 4.78 is 6.88. The fourth-order valence-electron chi connectivity index (χ4n) is 2.51. The minimum atomic E-state index is -0.867. The number of carboxylic acid groups (broad SMARTS) is 1. The van der Waals surface area contributed by atoms with Crippen LogP contribution in [0.25, 0.3) is 21.9 Å². The zero-order valence-corrected chi connectivity index (χ0v) is 16.3. The number of methoxy groups -OCH3 is 1. The lowest BCUT2D eigenvalue weighted by Gasteiger charge is -2.08. The van der Waals surface area contributed by atoms with Crippen LogP contribution in [0.15, 0.2) is 40.9 Å². The first-order chi connectivity index (χ1) is 12.5. The Bertz CT molecular complexity index is 963. The third-order valence-corrected chi connectivity index (χ3v) is 5.60. The third-order valence-electron chi connectivity index (χ3n) is 3.80. The van der Waals surface area contributed by atoms with Gasteiger partial charge in [-0.1, -0.05) is 28.1 Å². The van der Waals surface area contributed by atoms with Gasteiger partial charge in [-0.3, -0.25) is 4.79 Å². The normalized spacial score (nSPS) is 11.7. The van der Waals surface area contributed by atoms with Crippen molar-refractivity contribution in [3.63, 3.8) is 0 Å². The Morgan fingerprint density at radius 3 is 2.77 bits per heavy atom. The molecule has 134 valence electrons. The maximum absolute atomic E-state index is 11.1. The largest absolute Gasteiger partial charge is 0.504 e. The first-order valence-corrected chi connectivity index (χ1v) is 9.43. The monoisotopic (exact) mass is 433 g/mol. The van der Waals surface area contributed by atoms with E-state index in [9.17, 15) is 9.90 Å². The topological polar surface area (TPSA) is 79.7 Å². The number of allylic oxidation sites excluding steroid dienone is 1. The minimum Gasteiger partial charge on any atom is -0.504 e. The number of phenols is 1. The van der Waals surface area contributed by atoms with Crippen LogP contribution in [0.3, 0.4) is 0 Å². The summed E-state index contributed by atoms with van der Waals surface area (Å²) in [5.74, 6) is -0.487. The van der Waals surface area contributed by atoms with Gasteiger partial charge in [0, 0.05) is 10.9 Å². The lowest BCUT2D eigenvalue weighted by atomic mass is 10.1. The van der Waals surface area contributed by atoms with Gasteiger partial charge in [0.25, 0.3) is 0 Å². The molecule has 1 heterocycles. The van der Waals surface area contributed by atoms with Crippen molar-refractivity contribution >= 4 is 55.1 Å². The summed E-state index contributed by atoms with van der Waals surface area (Å²) in [6.07, 6.45) is 2.19. The van der Waals surface area contributed by atoms with Gasteiger partial charge in [0.2, 0.25) is 0 Å². The molecule has 3 aromatic rings. The van der Waals surface area contributed by atoms with Crippen molar-refractivity contribution in [3.05, 3.63) is 51.4 Å². The lowest BCUT2D eigenvalue weighted by Crippen LogP contribution is -1.96. The van der Waals surface area contributed by atoms with E-state index in [-0.39, 0.29) is 12.2 Å². The number of rotatable bonds is 6. The molecule has 0 radical (unpaired) electrons. The van der Waals surface area contributed by atoms with Crippen LogP contribution in [0.4, 0.5) is 0 Å². The number of fused-ring (bicyclic) bond motifs is 1. The Morgan fingerprint density at radius 1 is 1.31 bits per heavy atom. The number of hydrogen-bond donors (Lipinski definition) is 2. The summed E-state index contributed by atoms with van der Waals surface area (Å²) in [4.78, 5) is 15.7. The molecule has 0 aliphatic rings. The van der Waals surface area contributed by atoms with E-state index in [0.29, 0.717) is 12.2 Å². The van der Waals surface area contributed by atoms with Gasteiger partial charge in [-0.2, -0.15) is 0 Å². The summed E-state index contributed by atoms with van der Waals surface area (Å²) in [5.41, 5.74) is 2.41. The number of thiazole rings is 1. The molecule has 26 heavy (non-hydrogen) atoms. The van der Waals surface area contributed by atoms with Crippen LogP contribution in [0, 0.1) is 0 Å². The summed E-state index contributed by atoms with van der Waals surface area (Å²) >= 11 is 4.99. The molecule has 0 aliphatic heterocycles. The highest BCUT2D eigenvalue weighted by Crippen LogP contribution is 2.36. The Labute approximate surface area is 162 Å². The molecule has 1 aromatic heterocycles. The SMILES string of the molecule is COc1cc(Br)c(C=C(CCC(=O)O)c2nc3ccccc3s2)cc1O. The molecule has 0 saturated carbocycles. The molecule has 3 rings (SSSR count). The second kappa shape index (κ2) is 7.88. The molecule has 0 spiro atoms. The molecule has 0 unspecified atom stereocenters. The van der Waals surface area contributed by atoms with Gasteiger partial charge < -0.3 is 14.9 Å². The van der Waals surface area contributed by atoms with Gasteiger partial charge in [0.15, 0.2) is 11.5 Å². The zero-order valence-electron chi connectivity index (χ0n) is 13.9. The molecule has 5 nitrogen and oxygen atoms in total. The number of para-hydroxylation sites is 1. The molecule has 0 saturated heterocycles. The second-order valence-corrected chi connectivity index (χ2v) is 7.48. The zero-order chi connectivity index (χ0) is 18.7. The standard InChI is InChI=1S/C19H16BrNO4S/c1-25-16-10-13(20)12(9-15(16)22)8-11(6-7-18(23)24)19-21-14-4-2-3-5-17(14)26-19/h2-5,8-10,22H,6-7H2,1H3,(H,23,24). The number of phenolic OH excluding ortho intramolecular Hbond substituents is 1. The molecular formula is C19H16BrNO4S. The van der Waals surface area contributed by atoms with E-state index in [2.05, 4.69) is 20.9 Å². The highest BCUT2D eigenvalue weighted by atomic mass is 79.9. The number of carboxylic acids is 1. The molecular weight excluding hydrogens is 418 g/mol. The first-order valence-electron chi connectivity index (χ1n) is 7.82. The van der Waals surface area contributed by atoms with E-state index in [1.807, 2.05) is 30.3 Å². The van der Waals surface area contributed by atoms with Crippen molar-refractivity contribution in [2.45, 2.75) is 12.8 Å². The van der Waals surface area contributed by atoms with Gasteiger partial charge in [-0.15, -0.1) is 11.3 Å². The van der Waals surface area contributed by atoms with E-state index >= 15 is 0 Å². The predicted molar refractivity (Wildman–Crippen MR) is 107 cm³/mol. The van der Waals surface area contributed by atoms with Crippen LogP contribution in [-0.2, 0) is 4.79 Å². The Kier molecular flexibility index (Phi) is 5.58. The number of ether oxygens (including phenoxy) is 1. The Morgan fingerprint density at radius 2 is 2.08 bits per heavy atom. The summed E-state index contributed by atoms with van der Waals surface area (Å²) in [5, 5.41) is 19.9. The van der Waals surface area contributed by atoms with Gasteiger partial charge in [-0.05, 0) is 47.9 Å². The van der Waals surface area contributed by atoms with Crippen LogP contribution in [-0.4, -0.2) is 28.3 Å². The molecule has 2 N–H and O–H groups in total. The number of aromatic nitrogens is 1. The van der Waals surface area contributed by atoms with E-state index in [1.165, 1.54) is 18.4 Å². The third kappa shape index (κ3) is 4.05. The van der Waals surface area contributed by atoms with E-state index in [1.54, 1.807) is 12.1 Å². The van der Waals surface area contributed by atoms with Crippen molar-refractivity contribution in [2.75, 3.05) is 7.11 Å². The first kappa shape index (κ1) is 18.4. The molecule has 0 atom stereocenters. The highest BCUT2D eigenvalue weighted by molar-refractivity contribution is 9.10. The van der Waals surface area contributed by atoms with Crippen LogP contribution in [0.1, 0.15) is 23.4 Å². The Hall–Kier alpha value is -2.38. The van der Waals surface area contributed by atoms with Crippen molar-refractivity contribution in [1.29, 1.82) is 0 Å². The molecule has 7 heteroatoms. The van der Waals surface area contributed by atoms with Crippen LogP contribution < -0.4 is 4.74 Å². The fraction of sp³-hybridized carbons (Fsp3) is 0.158. The number of aromatic hydroxyl groups is 1. The number of halogens is 1. The molecule has 0 amide bonds. The number of benzene rings is 2. The molecule has 0 fully saturated rings. The summed E-state index contributed by atoms with van der Waals surface area (Å²) in [7, 11) is 1.48. The van der Waals surface area contributed by atoms with Gasteiger partial charge in [-0.25, -0.2) is 4.98 Å². The van der Waals surface area contributed by atoms with Crippen LogP contribution in [0.5, 0.6) is 11.5 Å². The second-order valence-electron chi connectivity index (χ2n) is 5.60. The van der Waals surface area contributed by atoms with Crippen molar-refractivity contribution in [2.24, 2.45) is 0 Å². The molecule has 2 aromatic carbocycles. The summed E-state index contributed by atoms with van der Waals surface area (Å²) in [6.45, 7) is 0. The quantitative estimate of drug-likeness (QED) is 0.559. The maximum Gasteiger partial charge on any atom is 0.303 e. The fourth-order valence-corrected chi connectivity index (χ4v) is 3.96. The number of aliphatic carboxylic acids is 1. The number of hydrogen-bond acceptors (Lipinski definition) is 5. The van der Waals surface area contributed by atoms with Crippen molar-refractivity contribution in [3.8, 4) is 11.5 Å². The molecule has 0 aliphatic carbocycles. The average Bonchev–Trinajstić information content (AvgIpc) is 3.04. The molecule has 0 bridgehead atoms. The predicted octanol–water partition coefficient (Wildman–Crippen LogP) is 5.18. The van der Waals surface area contributed by atoms with Crippen LogP contribution in [0.2, 0.25) is 0 Å². The smallest absolute Gasteiger partial charge is 0.303 e. The van der Waals surface area contributed by atoms with E-state index in [4.69, 9.17) is 9.84 Å². The van der Waals surface area contributed by atoms with Crippen molar-refractivity contribution in [1.82, 2.24) is 4.98 Å². The van der Waals surface area contributed by atoms with Gasteiger partial charge >= 0.3 is 5.97 Å². The van der Waals surface area contributed by atoms with Gasteiger partial charge in [0.05, 0.1) is 17.3 Å². The van der Waals surface area contributed by atoms with Crippen molar-refractivity contribution < 1.29 is 19.7 Å². The lowest BCUT2D eigenvalue weighted by molar-refractivity contribution is -0.136. The maximum atomic E-state index is 11.1. The number of carbonyl (C=O) groups is 1. The number of nitrogens with zero attached hydrogens (tertiary/aromatic N) is 1.